The number of amides is 3. The van der Waals surface area contributed by atoms with Crippen LogP contribution in [0.5, 0.6) is 5.75 Å². The Balaban J connectivity index is 1.98. The summed E-state index contributed by atoms with van der Waals surface area (Å²) >= 11 is 12.2. The summed E-state index contributed by atoms with van der Waals surface area (Å²) in [4.78, 5) is 69.8. The van der Waals surface area contributed by atoms with Crippen LogP contribution in [0.1, 0.15) is 42.5 Å². The van der Waals surface area contributed by atoms with Crippen LogP contribution < -0.4 is 20.7 Å². The summed E-state index contributed by atoms with van der Waals surface area (Å²) in [5, 5.41) is 5.66. The standard InChI is InChI=1S/C32H29Cl2F5N4O6/c1-16(2)24(27(45)32(38,39)30(48)41-15-31(35,36)37)42-28(46)25(17-7-9-22(49-3)10-8-17)43-29(47)26(44)23(18-5-4-6-20(33)11-18)19-12-21(34)14-40-13-19/h4-14,16,23-25H,15H2,1-3H3,(H,41,48)(H,42,46)(H,43,47)/t23?,24-,25-/m0/s1. The molecule has 1 heterocycles. The number of ketones is 2. The zero-order valence-electron chi connectivity index (χ0n) is 25.9. The molecule has 0 saturated heterocycles. The Morgan fingerprint density at radius 3 is 2.02 bits per heavy atom. The van der Waals surface area contributed by atoms with E-state index in [1.807, 2.05) is 0 Å². The third-order valence-electron chi connectivity index (χ3n) is 7.01. The third-order valence-corrected chi connectivity index (χ3v) is 7.45. The number of hydrogen-bond donors (Lipinski definition) is 3. The minimum atomic E-state index is -5.04. The number of carbonyl (C=O) groups excluding carboxylic acids is 5. The summed E-state index contributed by atoms with van der Waals surface area (Å²) < 4.78 is 72.3. The molecule has 3 atom stereocenters. The molecule has 3 amide bonds. The van der Waals surface area contributed by atoms with Crippen molar-refractivity contribution in [3.8, 4) is 5.75 Å². The predicted molar refractivity (Wildman–Crippen MR) is 167 cm³/mol. The highest BCUT2D eigenvalue weighted by Gasteiger charge is 2.52. The van der Waals surface area contributed by atoms with E-state index in [9.17, 15) is 45.9 Å². The fourth-order valence-corrected chi connectivity index (χ4v) is 4.95. The molecular formula is C32H29Cl2F5N4O6. The molecule has 2 aromatic carbocycles. The Labute approximate surface area is 286 Å². The number of hydrogen-bond acceptors (Lipinski definition) is 7. The molecule has 0 aliphatic heterocycles. The van der Waals surface area contributed by atoms with Gasteiger partial charge in [0.15, 0.2) is 0 Å². The number of alkyl halides is 5. The monoisotopic (exact) mass is 730 g/mol. The van der Waals surface area contributed by atoms with E-state index in [-0.39, 0.29) is 26.7 Å². The molecule has 0 saturated carbocycles. The molecule has 49 heavy (non-hydrogen) atoms. The van der Waals surface area contributed by atoms with Crippen molar-refractivity contribution in [2.75, 3.05) is 13.7 Å². The lowest BCUT2D eigenvalue weighted by molar-refractivity contribution is -0.165. The summed E-state index contributed by atoms with van der Waals surface area (Å²) in [5.41, 5.74) is 0.461. The molecule has 0 spiro atoms. The van der Waals surface area contributed by atoms with Crippen LogP contribution in [-0.4, -0.2) is 66.1 Å². The summed E-state index contributed by atoms with van der Waals surface area (Å²) in [6.45, 7) is 0.325. The van der Waals surface area contributed by atoms with Crippen LogP contribution in [0.3, 0.4) is 0 Å². The average Bonchev–Trinajstić information content (AvgIpc) is 3.04. The Bertz CT molecular complexity index is 1660. The minimum absolute atomic E-state index is 0.00723. The maximum atomic E-state index is 14.8. The van der Waals surface area contributed by atoms with Crippen LogP contribution in [-0.2, 0) is 24.0 Å². The Morgan fingerprint density at radius 2 is 1.47 bits per heavy atom. The van der Waals surface area contributed by atoms with Crippen molar-refractivity contribution in [3.05, 3.63) is 93.7 Å². The molecule has 10 nitrogen and oxygen atoms in total. The SMILES string of the molecule is COc1ccc([C@H](NC(=O)C(=O)C(c2cccc(Cl)c2)c2cncc(Cl)c2)C(=O)N[C@H](C(=O)C(F)(F)C(=O)NCC(F)(F)F)C(C)C)cc1. The lowest BCUT2D eigenvalue weighted by Gasteiger charge is -2.28. The topological polar surface area (TPSA) is 144 Å². The van der Waals surface area contributed by atoms with Gasteiger partial charge in [0, 0.05) is 17.4 Å². The van der Waals surface area contributed by atoms with E-state index in [1.165, 1.54) is 87.9 Å². The van der Waals surface area contributed by atoms with Gasteiger partial charge in [-0.1, -0.05) is 61.3 Å². The third kappa shape index (κ3) is 10.2. The second-order valence-electron chi connectivity index (χ2n) is 10.9. The zero-order valence-corrected chi connectivity index (χ0v) is 27.4. The van der Waals surface area contributed by atoms with Crippen molar-refractivity contribution >= 4 is 52.5 Å². The highest BCUT2D eigenvalue weighted by Crippen LogP contribution is 2.30. The second-order valence-corrected chi connectivity index (χ2v) is 11.8. The molecule has 0 aliphatic carbocycles. The van der Waals surface area contributed by atoms with Crippen molar-refractivity contribution < 1.29 is 50.7 Å². The first-order valence-corrected chi connectivity index (χ1v) is 15.0. The molecule has 1 aromatic heterocycles. The van der Waals surface area contributed by atoms with Gasteiger partial charge in [0.2, 0.25) is 17.5 Å². The van der Waals surface area contributed by atoms with Crippen molar-refractivity contribution in [2.45, 2.75) is 43.9 Å². The Morgan fingerprint density at radius 1 is 0.837 bits per heavy atom. The van der Waals surface area contributed by atoms with Gasteiger partial charge in [0.05, 0.1) is 24.1 Å². The number of rotatable bonds is 14. The number of benzene rings is 2. The molecular weight excluding hydrogens is 702 g/mol. The second kappa shape index (κ2) is 16.2. The number of pyridine rings is 1. The summed E-state index contributed by atoms with van der Waals surface area (Å²) in [5.74, 6) is -15.6. The van der Waals surface area contributed by atoms with Gasteiger partial charge in [0.25, 0.3) is 11.8 Å². The van der Waals surface area contributed by atoms with Gasteiger partial charge < -0.3 is 20.7 Å². The number of aromatic nitrogens is 1. The van der Waals surface area contributed by atoms with Crippen LogP contribution in [0, 0.1) is 5.92 Å². The van der Waals surface area contributed by atoms with Gasteiger partial charge in [-0.3, -0.25) is 29.0 Å². The fourth-order valence-electron chi connectivity index (χ4n) is 4.57. The molecule has 3 rings (SSSR count). The van der Waals surface area contributed by atoms with E-state index in [2.05, 4.69) is 15.6 Å². The molecule has 262 valence electrons. The Kier molecular flexibility index (Phi) is 12.8. The normalized spacial score (nSPS) is 13.5. The van der Waals surface area contributed by atoms with Gasteiger partial charge in [-0.15, -0.1) is 0 Å². The van der Waals surface area contributed by atoms with E-state index in [1.54, 1.807) is 0 Å². The summed E-state index contributed by atoms with van der Waals surface area (Å²) in [7, 11) is 1.35. The first-order chi connectivity index (χ1) is 22.8. The number of ether oxygens (including phenoxy) is 1. The van der Waals surface area contributed by atoms with E-state index in [0.717, 1.165) is 5.32 Å². The average molecular weight is 732 g/mol. The zero-order chi connectivity index (χ0) is 36.7. The van der Waals surface area contributed by atoms with Crippen LogP contribution in [0.4, 0.5) is 22.0 Å². The molecule has 0 aliphatic rings. The molecule has 3 N–H and O–H groups in total. The van der Waals surface area contributed by atoms with Crippen LogP contribution in [0.25, 0.3) is 0 Å². The van der Waals surface area contributed by atoms with Crippen molar-refractivity contribution in [1.29, 1.82) is 0 Å². The number of nitrogens with zero attached hydrogens (tertiary/aromatic N) is 1. The van der Waals surface area contributed by atoms with Gasteiger partial charge in [-0.05, 0) is 52.9 Å². The van der Waals surface area contributed by atoms with Gasteiger partial charge >= 0.3 is 12.1 Å². The molecule has 0 radical (unpaired) electrons. The number of halogens is 7. The summed E-state index contributed by atoms with van der Waals surface area (Å²) in [6.07, 6.45) is -2.46. The smallest absolute Gasteiger partial charge is 0.405 e. The predicted octanol–water partition coefficient (Wildman–Crippen LogP) is 4.98. The van der Waals surface area contributed by atoms with Crippen molar-refractivity contribution in [1.82, 2.24) is 20.9 Å². The van der Waals surface area contributed by atoms with Gasteiger partial charge in [0.1, 0.15) is 18.3 Å². The number of methoxy groups -OCH3 is 1. The quantitative estimate of drug-likeness (QED) is 0.121. The molecule has 0 bridgehead atoms. The highest BCUT2D eigenvalue weighted by molar-refractivity contribution is 6.39. The van der Waals surface area contributed by atoms with Gasteiger partial charge in [-0.2, -0.15) is 22.0 Å². The molecule has 17 heteroatoms. The van der Waals surface area contributed by atoms with Crippen molar-refractivity contribution in [3.63, 3.8) is 0 Å². The first-order valence-electron chi connectivity index (χ1n) is 14.3. The van der Waals surface area contributed by atoms with E-state index in [0.29, 0.717) is 5.75 Å². The molecule has 0 fully saturated rings. The lowest BCUT2D eigenvalue weighted by atomic mass is 9.88. The van der Waals surface area contributed by atoms with E-state index in [4.69, 9.17) is 27.9 Å². The number of carbonyl (C=O) groups is 5. The first kappa shape index (κ1) is 38.8. The highest BCUT2D eigenvalue weighted by atomic mass is 35.5. The van der Waals surface area contributed by atoms with Crippen molar-refractivity contribution in [2.24, 2.45) is 5.92 Å². The molecule has 1 unspecified atom stereocenters. The van der Waals surface area contributed by atoms with Crippen LogP contribution >= 0.6 is 23.2 Å². The van der Waals surface area contributed by atoms with E-state index >= 15 is 0 Å². The van der Waals surface area contributed by atoms with Crippen LogP contribution in [0.15, 0.2) is 67.0 Å². The Hall–Kier alpha value is -4.63. The number of Topliss-reactive ketones (excluding diaryl/α,β-unsaturated/α-hetero) is 2. The van der Waals surface area contributed by atoms with Crippen LogP contribution in [0.2, 0.25) is 10.0 Å². The minimum Gasteiger partial charge on any atom is -0.497 e. The largest absolute Gasteiger partial charge is 0.497 e. The fraction of sp³-hybridized carbons (Fsp3) is 0.312. The lowest BCUT2D eigenvalue weighted by Crippen LogP contribution is -2.58. The number of nitrogens with one attached hydrogen (secondary N) is 3. The molecule has 3 aromatic rings. The maximum Gasteiger partial charge on any atom is 0.405 e. The van der Waals surface area contributed by atoms with E-state index < -0.39 is 71.9 Å². The summed E-state index contributed by atoms with van der Waals surface area (Å²) in [6, 6.07) is 8.86. The maximum absolute atomic E-state index is 14.8. The van der Waals surface area contributed by atoms with Gasteiger partial charge in [-0.25, -0.2) is 0 Å².